The first kappa shape index (κ1) is 9.85. The minimum absolute atomic E-state index is 0.735. The molecule has 0 amide bonds. The standard InChI is InChI=1S/C13H16N2O/c1-9-5-6-11-14-10-4-3-7-13(2,16)12(10)15(11)8-9/h5-6,8,16H,3-4,7H2,1-2H3. The monoisotopic (exact) mass is 216 g/mol. The van der Waals surface area contributed by atoms with Gasteiger partial charge in [0.2, 0.25) is 0 Å². The molecule has 0 aromatic carbocycles. The molecule has 0 spiro atoms. The first-order valence-corrected chi connectivity index (χ1v) is 5.78. The molecule has 1 aliphatic carbocycles. The number of hydrogen-bond donors (Lipinski definition) is 1. The van der Waals surface area contributed by atoms with Gasteiger partial charge in [0.25, 0.3) is 0 Å². The van der Waals surface area contributed by atoms with Gasteiger partial charge in [0, 0.05) is 6.20 Å². The highest BCUT2D eigenvalue weighted by Crippen LogP contribution is 2.35. The van der Waals surface area contributed by atoms with Crippen molar-refractivity contribution in [2.75, 3.05) is 0 Å². The van der Waals surface area contributed by atoms with Crippen molar-refractivity contribution in [3.63, 3.8) is 0 Å². The second-order valence-electron chi connectivity index (χ2n) is 4.97. The SMILES string of the molecule is Cc1ccc2nc3c(n2c1)C(C)(O)CCC3. The number of fused-ring (bicyclic) bond motifs is 3. The highest BCUT2D eigenvalue weighted by molar-refractivity contribution is 5.46. The molecule has 1 unspecified atom stereocenters. The molecule has 0 aliphatic heterocycles. The van der Waals surface area contributed by atoms with Gasteiger partial charge in [0.05, 0.1) is 11.4 Å². The fraction of sp³-hybridized carbons (Fsp3) is 0.462. The molecule has 0 fully saturated rings. The fourth-order valence-electron chi connectivity index (χ4n) is 2.66. The van der Waals surface area contributed by atoms with E-state index in [9.17, 15) is 5.11 Å². The van der Waals surface area contributed by atoms with Crippen molar-refractivity contribution >= 4 is 5.65 Å². The molecule has 3 rings (SSSR count). The Balaban J connectivity index is 2.37. The third-order valence-electron chi connectivity index (χ3n) is 3.43. The first-order valence-electron chi connectivity index (χ1n) is 5.78. The van der Waals surface area contributed by atoms with E-state index in [2.05, 4.69) is 24.2 Å². The maximum atomic E-state index is 10.4. The zero-order chi connectivity index (χ0) is 11.3. The van der Waals surface area contributed by atoms with Gasteiger partial charge in [-0.25, -0.2) is 4.98 Å². The summed E-state index contributed by atoms with van der Waals surface area (Å²) in [4.78, 5) is 4.59. The number of aliphatic hydroxyl groups is 1. The van der Waals surface area contributed by atoms with Crippen LogP contribution >= 0.6 is 0 Å². The molecule has 0 radical (unpaired) electrons. The summed E-state index contributed by atoms with van der Waals surface area (Å²) in [6, 6.07) is 4.08. The zero-order valence-electron chi connectivity index (χ0n) is 9.70. The summed E-state index contributed by atoms with van der Waals surface area (Å²) in [5.41, 5.74) is 3.44. The van der Waals surface area contributed by atoms with Crippen molar-refractivity contribution in [2.24, 2.45) is 0 Å². The topological polar surface area (TPSA) is 37.5 Å². The van der Waals surface area contributed by atoms with E-state index >= 15 is 0 Å². The van der Waals surface area contributed by atoms with E-state index in [0.717, 1.165) is 36.3 Å². The van der Waals surface area contributed by atoms with Gasteiger partial charge in [0.15, 0.2) is 0 Å². The van der Waals surface area contributed by atoms with Crippen LogP contribution in [0.1, 0.15) is 36.7 Å². The lowest BCUT2D eigenvalue weighted by molar-refractivity contribution is 0.0330. The third kappa shape index (κ3) is 1.28. The highest BCUT2D eigenvalue weighted by Gasteiger charge is 2.33. The van der Waals surface area contributed by atoms with Crippen LogP contribution in [0.25, 0.3) is 5.65 Å². The maximum absolute atomic E-state index is 10.4. The number of aryl methyl sites for hydroxylation is 2. The molecule has 2 aromatic heterocycles. The quantitative estimate of drug-likeness (QED) is 0.733. The molecule has 3 nitrogen and oxygen atoms in total. The predicted octanol–water partition coefficient (Wildman–Crippen LogP) is 2.19. The summed E-state index contributed by atoms with van der Waals surface area (Å²) < 4.78 is 2.05. The van der Waals surface area contributed by atoms with Gasteiger partial charge in [-0.15, -0.1) is 0 Å². The Morgan fingerprint density at radius 3 is 3.06 bits per heavy atom. The van der Waals surface area contributed by atoms with Crippen molar-refractivity contribution in [3.8, 4) is 0 Å². The van der Waals surface area contributed by atoms with Crippen molar-refractivity contribution in [3.05, 3.63) is 35.3 Å². The Hall–Kier alpha value is -1.35. The number of pyridine rings is 1. The minimum atomic E-state index is -0.735. The fourth-order valence-corrected chi connectivity index (χ4v) is 2.66. The van der Waals surface area contributed by atoms with E-state index in [1.54, 1.807) is 0 Å². The van der Waals surface area contributed by atoms with Crippen LogP contribution in [0.15, 0.2) is 18.3 Å². The van der Waals surface area contributed by atoms with Crippen molar-refractivity contribution < 1.29 is 5.11 Å². The van der Waals surface area contributed by atoms with Crippen LogP contribution in [-0.2, 0) is 12.0 Å². The molecular formula is C13H16N2O. The molecular weight excluding hydrogens is 200 g/mol. The molecule has 0 saturated heterocycles. The van der Waals surface area contributed by atoms with Gasteiger partial charge >= 0.3 is 0 Å². The summed E-state index contributed by atoms with van der Waals surface area (Å²) in [6.45, 7) is 3.95. The molecule has 3 heteroatoms. The first-order chi connectivity index (χ1) is 7.58. The van der Waals surface area contributed by atoms with Crippen molar-refractivity contribution in [1.82, 2.24) is 9.38 Å². The van der Waals surface area contributed by atoms with E-state index in [-0.39, 0.29) is 0 Å². The molecule has 16 heavy (non-hydrogen) atoms. The summed E-state index contributed by atoms with van der Waals surface area (Å²) in [5, 5.41) is 10.4. The molecule has 1 aliphatic rings. The number of hydrogen-bond acceptors (Lipinski definition) is 2. The van der Waals surface area contributed by atoms with Crippen LogP contribution in [0.4, 0.5) is 0 Å². The van der Waals surface area contributed by atoms with Gasteiger partial charge in [-0.1, -0.05) is 6.07 Å². The lowest BCUT2D eigenvalue weighted by Gasteiger charge is -2.28. The number of aromatic nitrogens is 2. The van der Waals surface area contributed by atoms with Gasteiger partial charge in [-0.05, 0) is 44.7 Å². The number of nitrogens with zero attached hydrogens (tertiary/aromatic N) is 2. The smallest absolute Gasteiger partial charge is 0.137 e. The van der Waals surface area contributed by atoms with Crippen LogP contribution in [0.2, 0.25) is 0 Å². The van der Waals surface area contributed by atoms with Crippen molar-refractivity contribution in [1.29, 1.82) is 0 Å². The van der Waals surface area contributed by atoms with Crippen LogP contribution in [0.3, 0.4) is 0 Å². The molecule has 2 heterocycles. The second kappa shape index (κ2) is 3.08. The lowest BCUT2D eigenvalue weighted by Crippen LogP contribution is -2.28. The third-order valence-corrected chi connectivity index (χ3v) is 3.43. The summed E-state index contributed by atoms with van der Waals surface area (Å²) >= 11 is 0. The van der Waals surface area contributed by atoms with E-state index in [1.807, 2.05) is 17.4 Å². The van der Waals surface area contributed by atoms with Gasteiger partial charge in [-0.3, -0.25) is 0 Å². The van der Waals surface area contributed by atoms with Gasteiger partial charge in [-0.2, -0.15) is 0 Å². The molecule has 1 atom stereocenters. The van der Waals surface area contributed by atoms with Gasteiger partial charge < -0.3 is 9.51 Å². The Labute approximate surface area is 94.7 Å². The second-order valence-corrected chi connectivity index (χ2v) is 4.97. The zero-order valence-corrected chi connectivity index (χ0v) is 9.70. The van der Waals surface area contributed by atoms with E-state index in [1.165, 1.54) is 5.56 Å². The van der Waals surface area contributed by atoms with E-state index in [0.29, 0.717) is 0 Å². The Bertz CT molecular complexity index is 554. The molecule has 84 valence electrons. The molecule has 1 N–H and O–H groups in total. The van der Waals surface area contributed by atoms with Crippen LogP contribution in [-0.4, -0.2) is 14.5 Å². The minimum Gasteiger partial charge on any atom is -0.384 e. The Morgan fingerprint density at radius 1 is 1.44 bits per heavy atom. The number of imidazole rings is 1. The average Bonchev–Trinajstić information content (AvgIpc) is 2.56. The van der Waals surface area contributed by atoms with E-state index < -0.39 is 5.60 Å². The molecule has 2 aromatic rings. The Morgan fingerprint density at radius 2 is 2.25 bits per heavy atom. The lowest BCUT2D eigenvalue weighted by atomic mass is 9.87. The average molecular weight is 216 g/mol. The highest BCUT2D eigenvalue weighted by atomic mass is 16.3. The largest absolute Gasteiger partial charge is 0.384 e. The van der Waals surface area contributed by atoms with Gasteiger partial charge in [0.1, 0.15) is 11.2 Å². The summed E-state index contributed by atoms with van der Waals surface area (Å²) in [7, 11) is 0. The maximum Gasteiger partial charge on any atom is 0.137 e. The summed E-state index contributed by atoms with van der Waals surface area (Å²) in [6.07, 6.45) is 4.87. The summed E-state index contributed by atoms with van der Waals surface area (Å²) in [5.74, 6) is 0. The molecule has 0 bridgehead atoms. The predicted molar refractivity (Wildman–Crippen MR) is 62.4 cm³/mol. The van der Waals surface area contributed by atoms with E-state index in [4.69, 9.17) is 0 Å². The molecule has 0 saturated carbocycles. The Kier molecular flexibility index (Phi) is 1.89. The van der Waals surface area contributed by atoms with Crippen LogP contribution in [0, 0.1) is 6.92 Å². The normalized spacial score (nSPS) is 24.7. The van der Waals surface area contributed by atoms with Crippen LogP contribution < -0.4 is 0 Å². The van der Waals surface area contributed by atoms with Crippen LogP contribution in [0.5, 0.6) is 0 Å². The van der Waals surface area contributed by atoms with Crippen molar-refractivity contribution in [2.45, 2.75) is 38.7 Å². The number of rotatable bonds is 0.